The van der Waals surface area contributed by atoms with Crippen molar-refractivity contribution in [1.29, 1.82) is 0 Å². The molecular weight excluding hydrogens is 243 g/mol. The smallest absolute Gasteiger partial charge is 0.379 e. The van der Waals surface area contributed by atoms with Gasteiger partial charge in [0, 0.05) is 19.6 Å². The van der Waals surface area contributed by atoms with E-state index in [-0.39, 0.29) is 18.1 Å². The van der Waals surface area contributed by atoms with Crippen LogP contribution in [0.1, 0.15) is 52.9 Å². The molecule has 110 valence electrons. The quantitative estimate of drug-likeness (QED) is 0.685. The van der Waals surface area contributed by atoms with E-state index in [1.54, 1.807) is 7.11 Å². The highest BCUT2D eigenvalue weighted by Gasteiger charge is 2.28. The van der Waals surface area contributed by atoms with Gasteiger partial charge in [0.1, 0.15) is 0 Å². The third kappa shape index (κ3) is 9.71. The minimum absolute atomic E-state index is 0.0854. The molecule has 0 fully saturated rings. The summed E-state index contributed by atoms with van der Waals surface area (Å²) >= 11 is 0. The van der Waals surface area contributed by atoms with Crippen molar-refractivity contribution in [2.75, 3.05) is 13.7 Å². The first-order valence-corrected chi connectivity index (χ1v) is 6.55. The highest BCUT2D eigenvalue weighted by Crippen LogP contribution is 2.24. The van der Waals surface area contributed by atoms with Crippen molar-refractivity contribution < 1.29 is 17.9 Å². The van der Waals surface area contributed by atoms with Gasteiger partial charge in [-0.05, 0) is 46.1 Å². The summed E-state index contributed by atoms with van der Waals surface area (Å²) in [5.74, 6) is 0. The van der Waals surface area contributed by atoms with Gasteiger partial charge < -0.3 is 10.1 Å². The van der Waals surface area contributed by atoms with E-state index in [1.807, 2.05) is 20.8 Å². The van der Waals surface area contributed by atoms with E-state index in [1.165, 1.54) is 0 Å². The van der Waals surface area contributed by atoms with Crippen LogP contribution in [-0.2, 0) is 4.74 Å². The number of methoxy groups -OCH3 is 1. The average molecular weight is 269 g/mol. The topological polar surface area (TPSA) is 21.3 Å². The summed E-state index contributed by atoms with van der Waals surface area (Å²) in [5.41, 5.74) is -0.302. The summed E-state index contributed by atoms with van der Waals surface area (Å²) in [6, 6.07) is 0.0854. The lowest BCUT2D eigenvalue weighted by molar-refractivity contribution is -0.136. The molecule has 0 aromatic carbocycles. The Kier molecular flexibility index (Phi) is 7.87. The van der Waals surface area contributed by atoms with Crippen LogP contribution in [-0.4, -0.2) is 31.5 Å². The fourth-order valence-corrected chi connectivity index (χ4v) is 1.85. The van der Waals surface area contributed by atoms with E-state index >= 15 is 0 Å². The Bertz CT molecular complexity index is 217. The van der Waals surface area contributed by atoms with Gasteiger partial charge in [-0.25, -0.2) is 0 Å². The number of hydrogen-bond donors (Lipinski definition) is 1. The largest absolute Gasteiger partial charge is 0.389 e. The fraction of sp³-hybridized carbons (Fsp3) is 1.00. The molecule has 1 atom stereocenters. The number of halogens is 3. The van der Waals surface area contributed by atoms with Crippen LogP contribution in [0.3, 0.4) is 0 Å². The first-order valence-electron chi connectivity index (χ1n) is 6.55. The van der Waals surface area contributed by atoms with Gasteiger partial charge in [0.05, 0.1) is 5.60 Å². The van der Waals surface area contributed by atoms with Crippen LogP contribution in [0.4, 0.5) is 13.2 Å². The molecule has 0 saturated heterocycles. The molecule has 5 heteroatoms. The lowest BCUT2D eigenvalue weighted by Gasteiger charge is -2.29. The van der Waals surface area contributed by atoms with E-state index in [2.05, 4.69) is 5.32 Å². The highest BCUT2D eigenvalue weighted by atomic mass is 19.4. The number of ether oxygens (including phenoxy) is 1. The van der Waals surface area contributed by atoms with Crippen LogP contribution in [0.25, 0.3) is 0 Å². The summed E-state index contributed by atoms with van der Waals surface area (Å²) in [4.78, 5) is 0. The third-order valence-electron chi connectivity index (χ3n) is 2.99. The molecule has 0 bridgehead atoms. The van der Waals surface area contributed by atoms with Crippen LogP contribution in [0.15, 0.2) is 0 Å². The van der Waals surface area contributed by atoms with Gasteiger partial charge in [0.15, 0.2) is 0 Å². The van der Waals surface area contributed by atoms with Crippen molar-refractivity contribution >= 4 is 0 Å². The number of hydrogen-bond acceptors (Lipinski definition) is 2. The molecule has 0 aromatic heterocycles. The predicted octanol–water partition coefficient (Wildman–Crippen LogP) is 3.90. The molecule has 0 aromatic rings. The van der Waals surface area contributed by atoms with E-state index in [0.717, 1.165) is 19.4 Å². The molecule has 0 aliphatic rings. The number of alkyl halides is 3. The molecule has 18 heavy (non-hydrogen) atoms. The summed E-state index contributed by atoms with van der Waals surface area (Å²) in [6.07, 6.45) is -2.35. The van der Waals surface area contributed by atoms with Gasteiger partial charge in [-0.2, -0.15) is 13.2 Å². The zero-order valence-electron chi connectivity index (χ0n) is 11.9. The molecule has 0 aliphatic heterocycles. The predicted molar refractivity (Wildman–Crippen MR) is 67.7 cm³/mol. The molecular formula is C13H26F3NO. The maximum atomic E-state index is 12.1. The van der Waals surface area contributed by atoms with Crippen molar-refractivity contribution in [3.63, 3.8) is 0 Å². The van der Waals surface area contributed by atoms with E-state index in [4.69, 9.17) is 4.74 Å². The van der Waals surface area contributed by atoms with Crippen LogP contribution in [0.2, 0.25) is 0 Å². The molecule has 1 unspecified atom stereocenters. The summed E-state index contributed by atoms with van der Waals surface area (Å²) < 4.78 is 41.7. The number of rotatable bonds is 9. The number of nitrogens with one attached hydrogen (secondary N) is 1. The first kappa shape index (κ1) is 17.7. The standard InChI is InChI=1S/C13H26F3NO/c1-5-9-17-11(10-12(2,3)18-4)7-6-8-13(14,15)16/h11,17H,5-10H2,1-4H3. The molecule has 0 spiro atoms. The Morgan fingerprint density at radius 2 is 1.83 bits per heavy atom. The molecule has 0 heterocycles. The lowest BCUT2D eigenvalue weighted by Crippen LogP contribution is -2.38. The summed E-state index contributed by atoms with van der Waals surface area (Å²) in [7, 11) is 1.63. The Hall–Kier alpha value is -0.290. The second kappa shape index (κ2) is 8.00. The second-order valence-electron chi connectivity index (χ2n) is 5.33. The molecule has 0 amide bonds. The molecule has 1 N–H and O–H groups in total. The average Bonchev–Trinajstić information content (AvgIpc) is 2.23. The molecule has 0 radical (unpaired) electrons. The maximum Gasteiger partial charge on any atom is 0.389 e. The Morgan fingerprint density at radius 1 is 1.22 bits per heavy atom. The minimum atomic E-state index is -4.05. The van der Waals surface area contributed by atoms with E-state index < -0.39 is 12.6 Å². The van der Waals surface area contributed by atoms with Crippen LogP contribution in [0.5, 0.6) is 0 Å². The van der Waals surface area contributed by atoms with Crippen molar-refractivity contribution in [2.45, 2.75) is 70.7 Å². The lowest BCUT2D eigenvalue weighted by atomic mass is 9.95. The van der Waals surface area contributed by atoms with Crippen molar-refractivity contribution in [2.24, 2.45) is 0 Å². The maximum absolute atomic E-state index is 12.1. The van der Waals surface area contributed by atoms with Gasteiger partial charge in [0.25, 0.3) is 0 Å². The Labute approximate surface area is 108 Å². The van der Waals surface area contributed by atoms with E-state index in [9.17, 15) is 13.2 Å². The molecule has 0 aliphatic carbocycles. The van der Waals surface area contributed by atoms with Gasteiger partial charge in [-0.1, -0.05) is 6.92 Å². The zero-order valence-corrected chi connectivity index (χ0v) is 11.9. The monoisotopic (exact) mass is 269 g/mol. The van der Waals surface area contributed by atoms with Crippen LogP contribution in [0, 0.1) is 0 Å². The molecule has 0 rings (SSSR count). The highest BCUT2D eigenvalue weighted by molar-refractivity contribution is 4.78. The molecule has 2 nitrogen and oxygen atoms in total. The zero-order chi connectivity index (χ0) is 14.2. The first-order chi connectivity index (χ1) is 8.20. The van der Waals surface area contributed by atoms with Gasteiger partial charge in [-0.15, -0.1) is 0 Å². The van der Waals surface area contributed by atoms with Crippen molar-refractivity contribution in [3.05, 3.63) is 0 Å². The van der Waals surface area contributed by atoms with Gasteiger partial charge >= 0.3 is 6.18 Å². The van der Waals surface area contributed by atoms with Crippen molar-refractivity contribution in [3.8, 4) is 0 Å². The molecule has 0 saturated carbocycles. The second-order valence-corrected chi connectivity index (χ2v) is 5.33. The van der Waals surface area contributed by atoms with Gasteiger partial charge in [-0.3, -0.25) is 0 Å². The Morgan fingerprint density at radius 3 is 2.28 bits per heavy atom. The normalized spacial score (nSPS) is 14.8. The summed E-state index contributed by atoms with van der Waals surface area (Å²) in [6.45, 7) is 6.78. The fourth-order valence-electron chi connectivity index (χ4n) is 1.85. The van der Waals surface area contributed by atoms with Crippen LogP contribution < -0.4 is 5.32 Å². The summed E-state index contributed by atoms with van der Waals surface area (Å²) in [5, 5.41) is 3.30. The Balaban J connectivity index is 4.14. The minimum Gasteiger partial charge on any atom is -0.379 e. The van der Waals surface area contributed by atoms with E-state index in [0.29, 0.717) is 6.42 Å². The SMILES string of the molecule is CCCNC(CCCC(F)(F)F)CC(C)(C)OC. The van der Waals surface area contributed by atoms with Crippen molar-refractivity contribution in [1.82, 2.24) is 5.32 Å². The van der Waals surface area contributed by atoms with Crippen LogP contribution >= 0.6 is 0 Å². The van der Waals surface area contributed by atoms with Gasteiger partial charge in [0.2, 0.25) is 0 Å². The third-order valence-corrected chi connectivity index (χ3v) is 2.99.